The number of aromatic nitrogens is 2. The smallest absolute Gasteiger partial charge is 0.411 e. The van der Waals surface area contributed by atoms with E-state index in [9.17, 15) is 14.7 Å². The van der Waals surface area contributed by atoms with Crippen LogP contribution in [0, 0.1) is 0 Å². The number of carbonyl (C=O) groups excluding carboxylic acids is 2. The first-order valence-electron chi connectivity index (χ1n) is 9.38. The summed E-state index contributed by atoms with van der Waals surface area (Å²) in [5, 5.41) is 10.3. The molecular weight excluding hydrogens is 348 g/mol. The van der Waals surface area contributed by atoms with Gasteiger partial charge >= 0.3 is 6.09 Å². The van der Waals surface area contributed by atoms with E-state index in [2.05, 4.69) is 9.97 Å². The topological polar surface area (TPSA) is 95.9 Å². The summed E-state index contributed by atoms with van der Waals surface area (Å²) in [5.74, 6) is 0.209. The van der Waals surface area contributed by atoms with Crippen molar-refractivity contribution in [2.45, 2.75) is 76.8 Å². The summed E-state index contributed by atoms with van der Waals surface area (Å²) in [4.78, 5) is 37.6. The Hall–Kier alpha value is -2.22. The molecule has 0 radical (unpaired) electrons. The minimum atomic E-state index is -0.912. The lowest BCUT2D eigenvalue weighted by atomic mass is 9.75. The number of hydrogen-bond donors (Lipinski definition) is 1. The molecule has 2 aliphatic heterocycles. The Labute approximate surface area is 159 Å². The van der Waals surface area contributed by atoms with E-state index in [-0.39, 0.29) is 11.9 Å². The first-order valence-corrected chi connectivity index (χ1v) is 9.38. The normalized spacial score (nSPS) is 27.5. The molecule has 27 heavy (non-hydrogen) atoms. The molecule has 2 amide bonds. The van der Waals surface area contributed by atoms with Crippen molar-refractivity contribution in [3.05, 3.63) is 24.3 Å². The Morgan fingerprint density at radius 2 is 2.00 bits per heavy atom. The van der Waals surface area contributed by atoms with E-state index in [4.69, 9.17) is 4.74 Å². The lowest BCUT2D eigenvalue weighted by molar-refractivity contribution is -0.181. The van der Waals surface area contributed by atoms with Crippen molar-refractivity contribution in [2.24, 2.45) is 0 Å². The van der Waals surface area contributed by atoms with Gasteiger partial charge in [0.15, 0.2) is 5.82 Å². The van der Waals surface area contributed by atoms with Gasteiger partial charge in [-0.2, -0.15) is 0 Å². The van der Waals surface area contributed by atoms with Gasteiger partial charge in [-0.15, -0.1) is 0 Å². The number of aliphatic hydroxyl groups excluding tert-OH is 1. The minimum absolute atomic E-state index is 0.184. The summed E-state index contributed by atoms with van der Waals surface area (Å²) in [6.45, 7) is 9.43. The van der Waals surface area contributed by atoms with E-state index in [1.807, 2.05) is 27.7 Å². The molecule has 3 heterocycles. The van der Waals surface area contributed by atoms with Gasteiger partial charge < -0.3 is 14.7 Å². The second-order valence-corrected chi connectivity index (χ2v) is 8.34. The average Bonchev–Trinajstić information content (AvgIpc) is 3.05. The molecule has 148 valence electrons. The van der Waals surface area contributed by atoms with Crippen LogP contribution in [0.5, 0.6) is 0 Å². The van der Waals surface area contributed by atoms with Crippen LogP contribution in [0.15, 0.2) is 18.5 Å². The van der Waals surface area contributed by atoms with Crippen LogP contribution in [0.2, 0.25) is 0 Å². The predicted molar refractivity (Wildman–Crippen MR) is 97.7 cm³/mol. The van der Waals surface area contributed by atoms with Crippen molar-refractivity contribution in [1.82, 2.24) is 19.8 Å². The molecule has 8 nitrogen and oxygen atoms in total. The van der Waals surface area contributed by atoms with Gasteiger partial charge in [0.2, 0.25) is 0 Å². The van der Waals surface area contributed by atoms with Gasteiger partial charge in [0.05, 0.1) is 12.1 Å². The van der Waals surface area contributed by atoms with Crippen LogP contribution in [-0.2, 0) is 9.53 Å². The van der Waals surface area contributed by atoms with Crippen molar-refractivity contribution in [3.8, 4) is 0 Å². The zero-order valence-electron chi connectivity index (χ0n) is 16.5. The first kappa shape index (κ1) is 19.5. The molecule has 1 aromatic heterocycles. The van der Waals surface area contributed by atoms with E-state index in [0.717, 1.165) is 6.42 Å². The summed E-state index contributed by atoms with van der Waals surface area (Å²) in [5.41, 5.74) is -1.54. The standard InChI is InChI=1S/C19H28N4O4/c1-12(24)14(15-20-9-7-10-21-15)23-13(2)19(16(23)25)8-6-11-22(19)17(26)27-18(3,4)5/h7,9-10,12-14,24H,6,8,11H2,1-5H3. The van der Waals surface area contributed by atoms with Crippen LogP contribution in [0.4, 0.5) is 4.79 Å². The Kier molecular flexibility index (Phi) is 4.88. The molecule has 0 aliphatic carbocycles. The van der Waals surface area contributed by atoms with Crippen molar-refractivity contribution in [3.63, 3.8) is 0 Å². The number of rotatable bonds is 3. The number of β-lactam (4-membered cyclic amide) rings is 1. The third-order valence-electron chi connectivity index (χ3n) is 5.36. The van der Waals surface area contributed by atoms with Gasteiger partial charge in [-0.25, -0.2) is 14.8 Å². The molecule has 3 rings (SSSR count). The molecule has 8 heteroatoms. The number of amides is 2. The molecule has 0 aromatic carbocycles. The number of ether oxygens (including phenoxy) is 1. The molecule has 4 unspecified atom stereocenters. The molecule has 0 bridgehead atoms. The van der Waals surface area contributed by atoms with Crippen molar-refractivity contribution < 1.29 is 19.4 Å². The third-order valence-corrected chi connectivity index (χ3v) is 5.36. The molecule has 2 saturated heterocycles. The van der Waals surface area contributed by atoms with Crippen LogP contribution in [0.25, 0.3) is 0 Å². The maximum absolute atomic E-state index is 13.3. The van der Waals surface area contributed by atoms with Crippen LogP contribution in [0.1, 0.15) is 59.3 Å². The Balaban J connectivity index is 1.88. The number of carbonyl (C=O) groups is 2. The highest BCUT2D eigenvalue weighted by Crippen LogP contribution is 2.48. The fourth-order valence-electron chi connectivity index (χ4n) is 4.21. The van der Waals surface area contributed by atoms with Gasteiger partial charge in [0, 0.05) is 18.9 Å². The lowest BCUT2D eigenvalue weighted by Crippen LogP contribution is -2.79. The van der Waals surface area contributed by atoms with Gasteiger partial charge in [0.25, 0.3) is 5.91 Å². The molecular formula is C19H28N4O4. The Morgan fingerprint density at radius 3 is 2.52 bits per heavy atom. The molecule has 2 aliphatic rings. The summed E-state index contributed by atoms with van der Waals surface area (Å²) in [6, 6.07) is 0.760. The Morgan fingerprint density at radius 1 is 1.37 bits per heavy atom. The van der Waals surface area contributed by atoms with Gasteiger partial charge in [-0.1, -0.05) is 0 Å². The predicted octanol–water partition coefficient (Wildman–Crippen LogP) is 1.90. The van der Waals surface area contributed by atoms with Crippen LogP contribution in [-0.4, -0.2) is 66.7 Å². The second-order valence-electron chi connectivity index (χ2n) is 8.34. The number of hydrogen-bond acceptors (Lipinski definition) is 6. The van der Waals surface area contributed by atoms with E-state index in [0.29, 0.717) is 18.8 Å². The second kappa shape index (κ2) is 6.74. The maximum atomic E-state index is 13.3. The third kappa shape index (κ3) is 3.16. The minimum Gasteiger partial charge on any atom is -0.444 e. The van der Waals surface area contributed by atoms with E-state index in [1.54, 1.807) is 35.2 Å². The summed E-state index contributed by atoms with van der Waals surface area (Å²) >= 11 is 0. The van der Waals surface area contributed by atoms with Gasteiger partial charge in [-0.3, -0.25) is 9.69 Å². The number of nitrogens with zero attached hydrogens (tertiary/aromatic N) is 4. The largest absolute Gasteiger partial charge is 0.444 e. The van der Waals surface area contributed by atoms with E-state index < -0.39 is 29.4 Å². The van der Waals surface area contributed by atoms with Crippen molar-refractivity contribution in [2.75, 3.05) is 6.54 Å². The Bertz CT molecular complexity index is 718. The average molecular weight is 376 g/mol. The van der Waals surface area contributed by atoms with Gasteiger partial charge in [0.1, 0.15) is 17.2 Å². The fraction of sp³-hybridized carbons (Fsp3) is 0.684. The highest BCUT2D eigenvalue weighted by atomic mass is 16.6. The maximum Gasteiger partial charge on any atom is 0.411 e. The summed E-state index contributed by atoms with van der Waals surface area (Å²) in [7, 11) is 0. The SMILES string of the molecule is CC(O)C(c1ncccn1)N1C(=O)C2(CCCN2C(=O)OC(C)(C)C)C1C. The van der Waals surface area contributed by atoms with Gasteiger partial charge in [-0.05, 0) is 53.5 Å². The van der Waals surface area contributed by atoms with Crippen LogP contribution >= 0.6 is 0 Å². The number of aliphatic hydroxyl groups is 1. The zero-order valence-corrected chi connectivity index (χ0v) is 16.5. The molecule has 1 aromatic rings. The molecule has 1 N–H and O–H groups in total. The van der Waals surface area contributed by atoms with E-state index in [1.165, 1.54) is 0 Å². The van der Waals surface area contributed by atoms with Crippen LogP contribution in [0.3, 0.4) is 0 Å². The summed E-state index contributed by atoms with van der Waals surface area (Å²) < 4.78 is 5.52. The zero-order chi connectivity index (χ0) is 20.0. The molecule has 1 spiro atoms. The first-order chi connectivity index (χ1) is 12.6. The van der Waals surface area contributed by atoms with Crippen LogP contribution < -0.4 is 0 Å². The number of likely N-dealkylation sites (tertiary alicyclic amines) is 2. The highest BCUT2D eigenvalue weighted by molar-refractivity contribution is 5.97. The quantitative estimate of drug-likeness (QED) is 0.810. The fourth-order valence-corrected chi connectivity index (χ4v) is 4.21. The summed E-state index contributed by atoms with van der Waals surface area (Å²) in [6.07, 6.45) is 3.20. The monoisotopic (exact) mass is 376 g/mol. The molecule has 4 atom stereocenters. The van der Waals surface area contributed by atoms with Crippen molar-refractivity contribution in [1.29, 1.82) is 0 Å². The lowest BCUT2D eigenvalue weighted by Gasteiger charge is -2.58. The van der Waals surface area contributed by atoms with E-state index >= 15 is 0 Å². The highest BCUT2D eigenvalue weighted by Gasteiger charge is 2.67. The molecule has 0 saturated carbocycles. The molecule has 2 fully saturated rings. The van der Waals surface area contributed by atoms with Crippen molar-refractivity contribution >= 4 is 12.0 Å².